The highest BCUT2D eigenvalue weighted by Crippen LogP contribution is 2.23. The largest absolute Gasteiger partial charge is 0.468 e. The molecule has 0 saturated heterocycles. The van der Waals surface area contributed by atoms with Gasteiger partial charge in [-0.2, -0.15) is 0 Å². The summed E-state index contributed by atoms with van der Waals surface area (Å²) in [7, 11) is 3.48. The summed E-state index contributed by atoms with van der Waals surface area (Å²) in [6.45, 7) is 0.254. The van der Waals surface area contributed by atoms with Crippen molar-refractivity contribution in [3.8, 4) is 5.75 Å². The second-order valence-electron chi connectivity index (χ2n) is 3.38. The molecule has 0 atom stereocenters. The maximum atomic E-state index is 5.39. The minimum atomic E-state index is 0.254. The number of rotatable bonds is 5. The van der Waals surface area contributed by atoms with Crippen molar-refractivity contribution in [3.63, 3.8) is 0 Å². The maximum Gasteiger partial charge on any atom is 0.188 e. The number of ether oxygens (including phenoxy) is 2. The van der Waals surface area contributed by atoms with Crippen LogP contribution >= 0.6 is 11.9 Å². The molecule has 0 aliphatic heterocycles. The quantitative estimate of drug-likeness (QED) is 0.652. The number of pyridine rings is 1. The van der Waals surface area contributed by atoms with Crippen molar-refractivity contribution in [1.82, 2.24) is 9.71 Å². The Morgan fingerprint density at radius 1 is 1.35 bits per heavy atom. The van der Waals surface area contributed by atoms with E-state index in [0.29, 0.717) is 0 Å². The Hall–Kier alpha value is -1.30. The molecule has 4 nitrogen and oxygen atoms in total. The molecule has 2 aromatic rings. The monoisotopic (exact) mass is 250 g/mol. The first-order valence-corrected chi connectivity index (χ1v) is 6.00. The van der Waals surface area contributed by atoms with Crippen molar-refractivity contribution < 1.29 is 9.47 Å². The summed E-state index contributed by atoms with van der Waals surface area (Å²) in [4.78, 5) is 5.45. The molecule has 0 aliphatic rings. The molecule has 0 spiro atoms. The van der Waals surface area contributed by atoms with Crippen LogP contribution in [0.5, 0.6) is 5.75 Å². The molecular formula is C12H14N2O2S. The van der Waals surface area contributed by atoms with Crippen molar-refractivity contribution in [2.45, 2.75) is 4.90 Å². The summed E-state index contributed by atoms with van der Waals surface area (Å²) in [5, 5.41) is 1.05. The van der Waals surface area contributed by atoms with Gasteiger partial charge in [-0.15, -0.1) is 0 Å². The van der Waals surface area contributed by atoms with E-state index in [1.165, 1.54) is 11.9 Å². The molecule has 0 saturated carbocycles. The van der Waals surface area contributed by atoms with Gasteiger partial charge in [0.15, 0.2) is 6.79 Å². The summed E-state index contributed by atoms with van der Waals surface area (Å²) in [5.74, 6) is 0.785. The summed E-state index contributed by atoms with van der Waals surface area (Å²) in [5.41, 5.74) is 0.954. The van der Waals surface area contributed by atoms with Crippen molar-refractivity contribution in [3.05, 3.63) is 30.5 Å². The molecule has 0 amide bonds. The van der Waals surface area contributed by atoms with Gasteiger partial charge in [-0.25, -0.2) is 0 Å². The van der Waals surface area contributed by atoms with E-state index in [0.717, 1.165) is 21.5 Å². The van der Waals surface area contributed by atoms with Crippen LogP contribution in [-0.2, 0) is 4.74 Å². The minimum Gasteiger partial charge on any atom is -0.468 e. The van der Waals surface area contributed by atoms with Gasteiger partial charge in [0, 0.05) is 23.6 Å². The number of fused-ring (bicyclic) bond motifs is 1. The van der Waals surface area contributed by atoms with E-state index in [1.54, 1.807) is 7.11 Å². The first kappa shape index (κ1) is 12.2. The molecule has 1 aromatic heterocycles. The Labute approximate surface area is 104 Å². The lowest BCUT2D eigenvalue weighted by molar-refractivity contribution is 0.0512. The fourth-order valence-corrected chi connectivity index (χ4v) is 2.01. The van der Waals surface area contributed by atoms with Gasteiger partial charge >= 0.3 is 0 Å². The van der Waals surface area contributed by atoms with Gasteiger partial charge in [0.2, 0.25) is 0 Å². The molecule has 0 bridgehead atoms. The summed E-state index contributed by atoms with van der Waals surface area (Å²) >= 11 is 1.54. The standard InChI is InChI=1S/C12H14N2O2S/c1-13-17-11-6-9-5-10(16-8-15-2)3-4-12(9)14-7-11/h3-7,13H,8H2,1-2H3. The summed E-state index contributed by atoms with van der Waals surface area (Å²) < 4.78 is 13.3. The zero-order chi connectivity index (χ0) is 12.1. The number of methoxy groups -OCH3 is 1. The van der Waals surface area contributed by atoms with Crippen LogP contribution in [0.3, 0.4) is 0 Å². The molecule has 0 radical (unpaired) electrons. The Morgan fingerprint density at radius 3 is 3.00 bits per heavy atom. The SMILES string of the molecule is CNSc1cnc2ccc(OCOC)cc2c1. The molecule has 0 fully saturated rings. The molecule has 2 rings (SSSR count). The number of aromatic nitrogens is 1. The number of benzene rings is 1. The van der Waals surface area contributed by atoms with Crippen LogP contribution in [-0.4, -0.2) is 25.9 Å². The maximum absolute atomic E-state index is 5.39. The normalized spacial score (nSPS) is 10.7. The predicted octanol–water partition coefficient (Wildman–Crippen LogP) is 2.44. The lowest BCUT2D eigenvalue weighted by atomic mass is 10.2. The number of nitrogens with zero attached hydrogens (tertiary/aromatic N) is 1. The van der Waals surface area contributed by atoms with E-state index < -0.39 is 0 Å². The van der Waals surface area contributed by atoms with E-state index in [9.17, 15) is 0 Å². The zero-order valence-electron chi connectivity index (χ0n) is 9.77. The van der Waals surface area contributed by atoms with Crippen LogP contribution in [0.2, 0.25) is 0 Å². The summed E-state index contributed by atoms with van der Waals surface area (Å²) in [6, 6.07) is 7.86. The number of hydrogen-bond donors (Lipinski definition) is 1. The number of hydrogen-bond acceptors (Lipinski definition) is 5. The molecule has 5 heteroatoms. The summed E-state index contributed by atoms with van der Waals surface area (Å²) in [6.07, 6.45) is 1.85. The first-order chi connectivity index (χ1) is 8.33. The van der Waals surface area contributed by atoms with Crippen LogP contribution in [0.15, 0.2) is 35.4 Å². The van der Waals surface area contributed by atoms with Gasteiger partial charge in [-0.05, 0) is 43.3 Å². The number of nitrogens with one attached hydrogen (secondary N) is 1. The predicted molar refractivity (Wildman–Crippen MR) is 69.2 cm³/mol. The average molecular weight is 250 g/mol. The van der Waals surface area contributed by atoms with Gasteiger partial charge in [0.05, 0.1) is 5.52 Å². The van der Waals surface area contributed by atoms with E-state index in [-0.39, 0.29) is 6.79 Å². The van der Waals surface area contributed by atoms with E-state index in [4.69, 9.17) is 9.47 Å². The van der Waals surface area contributed by atoms with Crippen molar-refractivity contribution in [2.24, 2.45) is 0 Å². The van der Waals surface area contributed by atoms with Crippen LogP contribution < -0.4 is 9.46 Å². The molecule has 1 aromatic carbocycles. The second kappa shape index (κ2) is 5.86. The molecular weight excluding hydrogens is 236 g/mol. The van der Waals surface area contributed by atoms with Crippen molar-refractivity contribution in [2.75, 3.05) is 21.0 Å². The van der Waals surface area contributed by atoms with Crippen molar-refractivity contribution in [1.29, 1.82) is 0 Å². The Kier molecular flexibility index (Phi) is 4.19. The molecule has 0 aliphatic carbocycles. The smallest absolute Gasteiger partial charge is 0.188 e. The molecule has 1 N–H and O–H groups in total. The highest BCUT2D eigenvalue weighted by Gasteiger charge is 2.00. The third-order valence-electron chi connectivity index (χ3n) is 2.19. The highest BCUT2D eigenvalue weighted by molar-refractivity contribution is 7.97. The fraction of sp³-hybridized carbons (Fsp3) is 0.250. The second-order valence-corrected chi connectivity index (χ2v) is 4.47. The van der Waals surface area contributed by atoms with E-state index in [1.807, 2.05) is 31.4 Å². The third kappa shape index (κ3) is 3.09. The first-order valence-electron chi connectivity index (χ1n) is 5.18. The van der Waals surface area contributed by atoms with Gasteiger partial charge in [0.1, 0.15) is 5.75 Å². The van der Waals surface area contributed by atoms with Crippen molar-refractivity contribution >= 4 is 22.9 Å². The third-order valence-corrected chi connectivity index (χ3v) is 2.85. The zero-order valence-corrected chi connectivity index (χ0v) is 10.6. The van der Waals surface area contributed by atoms with Gasteiger partial charge < -0.3 is 9.47 Å². The Balaban J connectivity index is 2.29. The lowest BCUT2D eigenvalue weighted by Gasteiger charge is -2.06. The van der Waals surface area contributed by atoms with Gasteiger partial charge in [-0.3, -0.25) is 9.71 Å². The van der Waals surface area contributed by atoms with E-state index in [2.05, 4.69) is 15.8 Å². The van der Waals surface area contributed by atoms with Crippen LogP contribution in [0.1, 0.15) is 0 Å². The average Bonchev–Trinajstić information content (AvgIpc) is 2.36. The Morgan fingerprint density at radius 2 is 2.24 bits per heavy atom. The Bertz CT molecular complexity index is 505. The van der Waals surface area contributed by atoms with Crippen LogP contribution in [0.4, 0.5) is 0 Å². The lowest BCUT2D eigenvalue weighted by Crippen LogP contribution is -1.98. The molecule has 1 heterocycles. The molecule has 17 heavy (non-hydrogen) atoms. The highest BCUT2D eigenvalue weighted by atomic mass is 32.2. The van der Waals surface area contributed by atoms with E-state index >= 15 is 0 Å². The van der Waals surface area contributed by atoms with Gasteiger partial charge in [-0.1, -0.05) is 0 Å². The van der Waals surface area contributed by atoms with Crippen LogP contribution in [0.25, 0.3) is 10.9 Å². The minimum absolute atomic E-state index is 0.254. The molecule has 0 unspecified atom stereocenters. The van der Waals surface area contributed by atoms with Gasteiger partial charge in [0.25, 0.3) is 0 Å². The molecule has 90 valence electrons. The topological polar surface area (TPSA) is 43.4 Å². The van der Waals surface area contributed by atoms with Crippen LogP contribution in [0, 0.1) is 0 Å². The fourth-order valence-electron chi connectivity index (χ4n) is 1.48.